The highest BCUT2D eigenvalue weighted by Crippen LogP contribution is 2.32. The first kappa shape index (κ1) is 23.8. The van der Waals surface area contributed by atoms with Gasteiger partial charge in [-0.3, -0.25) is 4.79 Å². The summed E-state index contributed by atoms with van der Waals surface area (Å²) in [5, 5.41) is 9.54. The van der Waals surface area contributed by atoms with Crippen molar-refractivity contribution in [3.8, 4) is 17.6 Å². The first-order chi connectivity index (χ1) is 15.8. The van der Waals surface area contributed by atoms with Gasteiger partial charge in [0.1, 0.15) is 11.6 Å². The molecule has 0 saturated carbocycles. The standard InChI is InChI=1S/C25H22F3N2O3/c1-32-23-10-8-18(13-24(23)33-2)22(31)9-7-17-11-12-30(16-20(17)14-29)15-19-5-3-4-6-21(19)25(26,27)28/h3-6,8,10-13,16H,7,9,15H2,1-2H3/q+1. The monoisotopic (exact) mass is 455 g/mol. The summed E-state index contributed by atoms with van der Waals surface area (Å²) in [5.74, 6) is 0.831. The number of benzene rings is 2. The van der Waals surface area contributed by atoms with Crippen LogP contribution in [0.2, 0.25) is 0 Å². The van der Waals surface area contributed by atoms with Crippen molar-refractivity contribution in [1.82, 2.24) is 0 Å². The summed E-state index contributed by atoms with van der Waals surface area (Å²) in [6.07, 6.45) is -0.867. The molecule has 0 aliphatic carbocycles. The van der Waals surface area contributed by atoms with Crippen molar-refractivity contribution in [1.29, 1.82) is 5.26 Å². The Balaban J connectivity index is 1.75. The number of aromatic nitrogens is 1. The quantitative estimate of drug-likeness (QED) is 0.363. The fourth-order valence-electron chi connectivity index (χ4n) is 3.52. The first-order valence-electron chi connectivity index (χ1n) is 10.1. The fraction of sp³-hybridized carbons (Fsp3) is 0.240. The minimum Gasteiger partial charge on any atom is -0.493 e. The van der Waals surface area contributed by atoms with Crippen molar-refractivity contribution in [3.05, 3.63) is 88.7 Å². The van der Waals surface area contributed by atoms with Crippen molar-refractivity contribution < 1.29 is 32.0 Å². The van der Waals surface area contributed by atoms with Gasteiger partial charge in [-0.2, -0.15) is 23.0 Å². The molecular formula is C25H22F3N2O3+. The van der Waals surface area contributed by atoms with Crippen LogP contribution in [0.3, 0.4) is 0 Å². The molecule has 8 heteroatoms. The average molecular weight is 455 g/mol. The lowest BCUT2D eigenvalue weighted by atomic mass is 10.0. The van der Waals surface area contributed by atoms with Crippen molar-refractivity contribution in [2.45, 2.75) is 25.6 Å². The molecule has 0 fully saturated rings. The predicted octanol–water partition coefficient (Wildman–Crippen LogP) is 4.75. The maximum absolute atomic E-state index is 13.3. The number of rotatable bonds is 8. The smallest absolute Gasteiger partial charge is 0.416 e. The Morgan fingerprint density at radius 1 is 1.03 bits per heavy atom. The van der Waals surface area contributed by atoms with Crippen LogP contribution in [0.4, 0.5) is 13.2 Å². The van der Waals surface area contributed by atoms with E-state index in [1.165, 1.54) is 37.1 Å². The van der Waals surface area contributed by atoms with Gasteiger partial charge in [-0.25, -0.2) is 0 Å². The second-order valence-corrected chi connectivity index (χ2v) is 7.32. The Hall–Kier alpha value is -3.86. The number of ketones is 1. The van der Waals surface area contributed by atoms with E-state index in [9.17, 15) is 23.2 Å². The van der Waals surface area contributed by atoms with Gasteiger partial charge in [-0.05, 0) is 36.2 Å². The number of Topliss-reactive ketones (excluding diaryl/α,β-unsaturated/α-hetero) is 1. The van der Waals surface area contributed by atoms with Crippen LogP contribution in [-0.2, 0) is 19.1 Å². The minimum absolute atomic E-state index is 0.0325. The van der Waals surface area contributed by atoms with Crippen LogP contribution in [0.5, 0.6) is 11.5 Å². The van der Waals surface area contributed by atoms with Gasteiger partial charge in [0.15, 0.2) is 36.2 Å². The third-order valence-electron chi connectivity index (χ3n) is 5.23. The van der Waals surface area contributed by atoms with E-state index < -0.39 is 11.7 Å². The number of carbonyl (C=O) groups is 1. The lowest BCUT2D eigenvalue weighted by molar-refractivity contribution is -0.688. The molecule has 0 bridgehead atoms. The number of methoxy groups -OCH3 is 2. The number of pyridine rings is 1. The number of nitriles is 1. The molecule has 0 atom stereocenters. The normalized spacial score (nSPS) is 11.0. The number of alkyl halides is 3. The third kappa shape index (κ3) is 5.69. The van der Waals surface area contributed by atoms with Crippen molar-refractivity contribution in [3.63, 3.8) is 0 Å². The SMILES string of the molecule is COc1ccc(C(=O)CCc2cc[n+](Cc3ccccc3C(F)(F)F)cc2C#N)cc1OC. The highest BCUT2D eigenvalue weighted by molar-refractivity contribution is 5.96. The molecule has 0 N–H and O–H groups in total. The Morgan fingerprint density at radius 2 is 1.76 bits per heavy atom. The van der Waals surface area contributed by atoms with E-state index in [2.05, 4.69) is 6.07 Å². The van der Waals surface area contributed by atoms with Crippen LogP contribution in [0.15, 0.2) is 60.9 Å². The molecule has 0 amide bonds. The molecule has 0 aliphatic rings. The van der Waals surface area contributed by atoms with Crippen LogP contribution in [0, 0.1) is 11.3 Å². The number of nitrogens with zero attached hydrogens (tertiary/aromatic N) is 2. The molecule has 1 aromatic heterocycles. The van der Waals surface area contributed by atoms with Crippen molar-refractivity contribution in [2.24, 2.45) is 0 Å². The predicted molar refractivity (Wildman–Crippen MR) is 114 cm³/mol. The maximum atomic E-state index is 13.3. The summed E-state index contributed by atoms with van der Waals surface area (Å²) in [6, 6.07) is 14.0. The average Bonchev–Trinajstić information content (AvgIpc) is 2.82. The van der Waals surface area contributed by atoms with E-state index in [0.29, 0.717) is 34.6 Å². The molecule has 0 aliphatic heterocycles. The summed E-state index contributed by atoms with van der Waals surface area (Å²) in [4.78, 5) is 12.6. The van der Waals surface area contributed by atoms with Crippen LogP contribution in [0.25, 0.3) is 0 Å². The highest BCUT2D eigenvalue weighted by atomic mass is 19.4. The highest BCUT2D eigenvalue weighted by Gasteiger charge is 2.33. The summed E-state index contributed by atoms with van der Waals surface area (Å²) < 4.78 is 51.7. The van der Waals surface area contributed by atoms with Gasteiger partial charge in [-0.1, -0.05) is 18.2 Å². The van der Waals surface area contributed by atoms with Gasteiger partial charge in [0.25, 0.3) is 0 Å². The van der Waals surface area contributed by atoms with Gasteiger partial charge in [-0.15, -0.1) is 0 Å². The zero-order valence-electron chi connectivity index (χ0n) is 18.1. The van der Waals surface area contributed by atoms with Crippen LogP contribution in [-0.4, -0.2) is 20.0 Å². The Bertz CT molecular complexity index is 1200. The number of ether oxygens (including phenoxy) is 2. The Labute approximate surface area is 189 Å². The minimum atomic E-state index is -4.46. The van der Waals surface area contributed by atoms with Crippen LogP contribution < -0.4 is 14.0 Å². The molecule has 5 nitrogen and oxygen atoms in total. The Morgan fingerprint density at radius 3 is 2.42 bits per heavy atom. The summed E-state index contributed by atoms with van der Waals surface area (Å²) in [6.45, 7) is -0.0325. The molecule has 0 spiro atoms. The topological polar surface area (TPSA) is 63.2 Å². The van der Waals surface area contributed by atoms with Gasteiger partial charge < -0.3 is 9.47 Å². The number of carbonyl (C=O) groups excluding carboxylic acids is 1. The van der Waals surface area contributed by atoms with Crippen molar-refractivity contribution >= 4 is 5.78 Å². The summed E-state index contributed by atoms with van der Waals surface area (Å²) in [7, 11) is 2.99. The van der Waals surface area contributed by atoms with Crippen LogP contribution in [0.1, 0.15) is 39.0 Å². The number of aryl methyl sites for hydroxylation is 1. The molecule has 170 valence electrons. The molecule has 3 rings (SSSR count). The number of hydrogen-bond donors (Lipinski definition) is 0. The lowest BCUT2D eigenvalue weighted by Crippen LogP contribution is -2.35. The molecule has 2 aromatic carbocycles. The third-order valence-corrected chi connectivity index (χ3v) is 5.23. The molecule has 3 aromatic rings. The largest absolute Gasteiger partial charge is 0.493 e. The molecule has 0 radical (unpaired) electrons. The second-order valence-electron chi connectivity index (χ2n) is 7.32. The van der Waals surface area contributed by atoms with E-state index >= 15 is 0 Å². The summed E-state index contributed by atoms with van der Waals surface area (Å²) in [5.41, 5.74) is 0.811. The van der Waals surface area contributed by atoms with Crippen LogP contribution >= 0.6 is 0 Å². The molecule has 33 heavy (non-hydrogen) atoms. The van der Waals surface area contributed by atoms with E-state index in [1.54, 1.807) is 36.5 Å². The number of hydrogen-bond acceptors (Lipinski definition) is 4. The maximum Gasteiger partial charge on any atom is 0.416 e. The molecular weight excluding hydrogens is 433 g/mol. The van der Waals surface area contributed by atoms with E-state index in [0.717, 1.165) is 6.07 Å². The molecule has 0 unspecified atom stereocenters. The first-order valence-corrected chi connectivity index (χ1v) is 10.1. The fourth-order valence-corrected chi connectivity index (χ4v) is 3.52. The molecule has 0 saturated heterocycles. The van der Waals surface area contributed by atoms with Gasteiger partial charge in [0, 0.05) is 23.6 Å². The zero-order valence-corrected chi connectivity index (χ0v) is 18.1. The van der Waals surface area contributed by atoms with Gasteiger partial charge in [0.05, 0.1) is 19.8 Å². The molecule has 1 heterocycles. The van der Waals surface area contributed by atoms with Gasteiger partial charge >= 0.3 is 6.18 Å². The number of halogens is 3. The zero-order chi connectivity index (χ0) is 24.0. The second kappa shape index (κ2) is 10.2. The van der Waals surface area contributed by atoms with E-state index in [1.807, 2.05) is 0 Å². The van der Waals surface area contributed by atoms with E-state index in [-0.39, 0.29) is 24.3 Å². The Kier molecular flexibility index (Phi) is 7.34. The van der Waals surface area contributed by atoms with Crippen molar-refractivity contribution in [2.75, 3.05) is 14.2 Å². The lowest BCUT2D eigenvalue weighted by Gasteiger charge is -2.11. The van der Waals surface area contributed by atoms with Gasteiger partial charge in [0.2, 0.25) is 0 Å². The summed E-state index contributed by atoms with van der Waals surface area (Å²) >= 11 is 0. The van der Waals surface area contributed by atoms with E-state index in [4.69, 9.17) is 9.47 Å².